The molecule has 0 aliphatic carbocycles. The number of aromatic nitrogens is 2. The van der Waals surface area contributed by atoms with Crippen molar-refractivity contribution in [3.05, 3.63) is 65.9 Å². The first kappa shape index (κ1) is 24.2. The summed E-state index contributed by atoms with van der Waals surface area (Å²) in [4.78, 5) is 25.0. The van der Waals surface area contributed by atoms with Crippen molar-refractivity contribution in [3.8, 4) is 11.3 Å². The third-order valence-electron chi connectivity index (χ3n) is 6.82. The molecule has 0 bridgehead atoms. The Hall–Kier alpha value is -3.53. The van der Waals surface area contributed by atoms with Crippen LogP contribution in [0.15, 0.2) is 54.7 Å². The van der Waals surface area contributed by atoms with Gasteiger partial charge >= 0.3 is 5.97 Å². The molecule has 0 saturated carbocycles. The van der Waals surface area contributed by atoms with E-state index in [1.165, 1.54) is 0 Å². The zero-order chi connectivity index (χ0) is 24.9. The Labute approximate surface area is 210 Å². The van der Waals surface area contributed by atoms with Gasteiger partial charge in [0.05, 0.1) is 18.9 Å². The maximum Gasteiger partial charge on any atom is 0.320 e. The van der Waals surface area contributed by atoms with Gasteiger partial charge in [-0.05, 0) is 60.8 Å². The van der Waals surface area contributed by atoms with Gasteiger partial charge in [0.2, 0.25) is 5.95 Å². The first-order valence-corrected chi connectivity index (χ1v) is 12.4. The Morgan fingerprint density at radius 3 is 2.81 bits per heavy atom. The lowest BCUT2D eigenvalue weighted by Crippen LogP contribution is -2.37. The Balaban J connectivity index is 1.31. The molecule has 9 nitrogen and oxygen atoms in total. The van der Waals surface area contributed by atoms with Crippen molar-refractivity contribution in [1.29, 1.82) is 0 Å². The first-order chi connectivity index (χ1) is 17.6. The zero-order valence-corrected chi connectivity index (χ0v) is 20.3. The standard InChI is InChI=1S/C27H32N6O3/c28-17-21-16-22(6-7-24(21)32-11-13-36-14-12-32)30-27-29-9-8-23(31-27)20-4-1-3-19(15-20)18-33-10-2-5-25(33)26(34)35/h1,3-4,6-9,15-16,25H,2,5,10-14,17-18,28H2,(H,34,35)(H,29,30,31). The van der Waals surface area contributed by atoms with E-state index in [9.17, 15) is 9.90 Å². The average Bonchev–Trinajstić information content (AvgIpc) is 3.38. The summed E-state index contributed by atoms with van der Waals surface area (Å²) in [7, 11) is 0. The predicted molar refractivity (Wildman–Crippen MR) is 139 cm³/mol. The van der Waals surface area contributed by atoms with E-state index in [2.05, 4.69) is 33.4 Å². The molecule has 5 rings (SSSR count). The molecule has 2 aromatic carbocycles. The highest BCUT2D eigenvalue weighted by molar-refractivity contribution is 5.74. The Bertz CT molecular complexity index is 1210. The van der Waals surface area contributed by atoms with Crippen LogP contribution in [0.3, 0.4) is 0 Å². The van der Waals surface area contributed by atoms with E-state index in [0.29, 0.717) is 25.5 Å². The van der Waals surface area contributed by atoms with E-state index in [0.717, 1.165) is 73.0 Å². The van der Waals surface area contributed by atoms with Crippen molar-refractivity contribution < 1.29 is 14.6 Å². The van der Waals surface area contributed by atoms with Gasteiger partial charge in [-0.3, -0.25) is 9.69 Å². The number of morpholine rings is 1. The summed E-state index contributed by atoms with van der Waals surface area (Å²) < 4.78 is 5.47. The van der Waals surface area contributed by atoms with Crippen molar-refractivity contribution >= 4 is 23.3 Å². The van der Waals surface area contributed by atoms with Gasteiger partial charge in [0.15, 0.2) is 0 Å². The number of rotatable bonds is 8. The lowest BCUT2D eigenvalue weighted by molar-refractivity contribution is -0.142. The van der Waals surface area contributed by atoms with Crippen LogP contribution in [0, 0.1) is 0 Å². The summed E-state index contributed by atoms with van der Waals surface area (Å²) in [5, 5.41) is 12.8. The lowest BCUT2D eigenvalue weighted by Gasteiger charge is -2.30. The fourth-order valence-electron chi connectivity index (χ4n) is 5.01. The Morgan fingerprint density at radius 2 is 2.00 bits per heavy atom. The van der Waals surface area contributed by atoms with Gasteiger partial charge in [0, 0.05) is 49.3 Å². The highest BCUT2D eigenvalue weighted by Gasteiger charge is 2.30. The molecule has 36 heavy (non-hydrogen) atoms. The highest BCUT2D eigenvalue weighted by Crippen LogP contribution is 2.27. The minimum Gasteiger partial charge on any atom is -0.480 e. The predicted octanol–water partition coefficient (Wildman–Crippen LogP) is 3.23. The van der Waals surface area contributed by atoms with Crippen LogP contribution in [0.5, 0.6) is 0 Å². The van der Waals surface area contributed by atoms with Gasteiger partial charge in [-0.2, -0.15) is 0 Å². The molecule has 188 valence electrons. The van der Waals surface area contributed by atoms with Gasteiger partial charge in [-0.15, -0.1) is 0 Å². The second kappa shape index (κ2) is 11.0. The minimum absolute atomic E-state index is 0.406. The summed E-state index contributed by atoms with van der Waals surface area (Å²) in [6, 6.07) is 15.8. The van der Waals surface area contributed by atoms with Crippen LogP contribution in [0.25, 0.3) is 11.3 Å². The molecule has 4 N–H and O–H groups in total. The van der Waals surface area contributed by atoms with Crippen LogP contribution in [0.1, 0.15) is 24.0 Å². The molecule has 1 unspecified atom stereocenters. The minimum atomic E-state index is -0.744. The van der Waals surface area contributed by atoms with E-state index < -0.39 is 12.0 Å². The number of nitrogens with zero attached hydrogens (tertiary/aromatic N) is 4. The van der Waals surface area contributed by atoms with Crippen molar-refractivity contribution in [2.75, 3.05) is 43.1 Å². The van der Waals surface area contributed by atoms with E-state index in [-0.39, 0.29) is 0 Å². The number of hydrogen-bond acceptors (Lipinski definition) is 8. The number of carboxylic acids is 1. The van der Waals surface area contributed by atoms with Crippen LogP contribution in [-0.2, 0) is 22.6 Å². The van der Waals surface area contributed by atoms with Gasteiger partial charge in [-0.1, -0.05) is 18.2 Å². The smallest absolute Gasteiger partial charge is 0.320 e. The molecular weight excluding hydrogens is 456 g/mol. The van der Waals surface area contributed by atoms with Gasteiger partial charge in [-0.25, -0.2) is 9.97 Å². The van der Waals surface area contributed by atoms with Crippen LogP contribution in [0.2, 0.25) is 0 Å². The molecule has 2 aliphatic heterocycles. The number of nitrogens with two attached hydrogens (primary N) is 1. The number of hydrogen-bond donors (Lipinski definition) is 3. The second-order valence-electron chi connectivity index (χ2n) is 9.20. The molecule has 0 amide bonds. The molecule has 2 aliphatic rings. The molecule has 3 heterocycles. The normalized spacial score (nSPS) is 18.4. The maximum atomic E-state index is 11.5. The highest BCUT2D eigenvalue weighted by atomic mass is 16.5. The van der Waals surface area contributed by atoms with Crippen LogP contribution >= 0.6 is 0 Å². The summed E-state index contributed by atoms with van der Waals surface area (Å²) in [6.45, 7) is 5.03. The number of nitrogens with one attached hydrogen (secondary N) is 1. The zero-order valence-electron chi connectivity index (χ0n) is 20.3. The number of anilines is 3. The molecule has 1 aromatic heterocycles. The molecule has 1 atom stereocenters. The van der Waals surface area contributed by atoms with Gasteiger partial charge in [0.25, 0.3) is 0 Å². The SMILES string of the molecule is NCc1cc(Nc2nccc(-c3cccc(CN4CCCC4C(=O)O)c3)n2)ccc1N1CCOCC1. The molecule has 3 aromatic rings. The van der Waals surface area contributed by atoms with E-state index in [1.807, 2.05) is 35.2 Å². The van der Waals surface area contributed by atoms with Crippen LogP contribution in [0.4, 0.5) is 17.3 Å². The molecule has 2 saturated heterocycles. The maximum absolute atomic E-state index is 11.5. The van der Waals surface area contributed by atoms with Crippen molar-refractivity contribution in [1.82, 2.24) is 14.9 Å². The van der Waals surface area contributed by atoms with E-state index in [1.54, 1.807) is 6.20 Å². The van der Waals surface area contributed by atoms with E-state index in [4.69, 9.17) is 15.5 Å². The third-order valence-corrected chi connectivity index (χ3v) is 6.82. The van der Waals surface area contributed by atoms with Crippen molar-refractivity contribution in [2.24, 2.45) is 5.73 Å². The molecule has 0 spiro atoms. The topological polar surface area (TPSA) is 117 Å². The quantitative estimate of drug-likeness (QED) is 0.439. The molecule has 9 heteroatoms. The van der Waals surface area contributed by atoms with Crippen LogP contribution in [-0.4, -0.2) is 64.8 Å². The number of carbonyl (C=O) groups is 1. The number of ether oxygens (including phenoxy) is 1. The van der Waals surface area contributed by atoms with Crippen molar-refractivity contribution in [2.45, 2.75) is 32.0 Å². The summed E-state index contributed by atoms with van der Waals surface area (Å²) in [6.07, 6.45) is 3.36. The summed E-state index contributed by atoms with van der Waals surface area (Å²) in [5.41, 5.74) is 12.0. The first-order valence-electron chi connectivity index (χ1n) is 12.4. The Kier molecular flexibility index (Phi) is 7.41. The number of carboxylic acid groups (broad SMARTS) is 1. The Morgan fingerprint density at radius 1 is 1.14 bits per heavy atom. The fraction of sp³-hybridized carbons (Fsp3) is 0.370. The molecule has 0 radical (unpaired) electrons. The number of benzene rings is 2. The lowest BCUT2D eigenvalue weighted by atomic mass is 10.1. The van der Waals surface area contributed by atoms with Crippen LogP contribution < -0.4 is 16.0 Å². The molecular formula is C27H32N6O3. The molecule has 2 fully saturated rings. The fourth-order valence-corrected chi connectivity index (χ4v) is 5.01. The number of likely N-dealkylation sites (tertiary alicyclic amines) is 1. The monoisotopic (exact) mass is 488 g/mol. The van der Waals surface area contributed by atoms with Crippen molar-refractivity contribution in [3.63, 3.8) is 0 Å². The van der Waals surface area contributed by atoms with Gasteiger partial charge in [0.1, 0.15) is 6.04 Å². The second-order valence-corrected chi connectivity index (χ2v) is 9.20. The third kappa shape index (κ3) is 5.48. The average molecular weight is 489 g/mol. The largest absolute Gasteiger partial charge is 0.480 e. The summed E-state index contributed by atoms with van der Waals surface area (Å²) >= 11 is 0. The van der Waals surface area contributed by atoms with Gasteiger partial charge < -0.3 is 25.8 Å². The number of aliphatic carboxylic acids is 1. The van der Waals surface area contributed by atoms with E-state index >= 15 is 0 Å². The summed E-state index contributed by atoms with van der Waals surface area (Å²) in [5.74, 6) is -0.239.